The van der Waals surface area contributed by atoms with Crippen molar-refractivity contribution >= 4 is 0 Å². The standard InChI is InChI=1S/C41H50F4/c1-3-5-6-7-8-9-11-34-24-25-35(39(43)38(34)42)32-20-22-33(23-21-32)37-27-26-36(40(44)41(37)45)31-18-16-30(17-19-31)29-14-12-28(10-4-2)13-15-29/h4,10,20-31H,3,5-9,11-19H2,1-2H3/b10-4+. The fourth-order valence-electron chi connectivity index (χ4n) is 8.02. The maximum absolute atomic E-state index is 15.5. The van der Waals surface area contributed by atoms with Crippen LogP contribution in [0.1, 0.15) is 121 Å². The van der Waals surface area contributed by atoms with Crippen molar-refractivity contribution in [1.82, 2.24) is 0 Å². The molecule has 2 aliphatic carbocycles. The molecule has 242 valence electrons. The Balaban J connectivity index is 1.20. The third kappa shape index (κ3) is 8.10. The monoisotopic (exact) mass is 618 g/mol. The molecule has 2 aliphatic rings. The highest BCUT2D eigenvalue weighted by molar-refractivity contribution is 5.71. The van der Waals surface area contributed by atoms with Crippen LogP contribution in [0.25, 0.3) is 22.3 Å². The Morgan fingerprint density at radius 1 is 0.578 bits per heavy atom. The Bertz CT molecular complexity index is 1410. The van der Waals surface area contributed by atoms with E-state index in [0.717, 1.165) is 56.8 Å². The zero-order chi connectivity index (χ0) is 31.8. The smallest absolute Gasteiger partial charge is 0.166 e. The molecule has 45 heavy (non-hydrogen) atoms. The van der Waals surface area contributed by atoms with Crippen LogP contribution in [0.15, 0.2) is 60.7 Å². The van der Waals surface area contributed by atoms with Crippen molar-refractivity contribution in [3.05, 3.63) is 95.1 Å². The maximum Gasteiger partial charge on any atom is 0.166 e. The van der Waals surface area contributed by atoms with Crippen molar-refractivity contribution in [1.29, 1.82) is 0 Å². The molecule has 0 heterocycles. The number of aryl methyl sites for hydroxylation is 1. The van der Waals surface area contributed by atoms with Crippen LogP contribution in [0.4, 0.5) is 17.6 Å². The van der Waals surface area contributed by atoms with Crippen molar-refractivity contribution in [3.63, 3.8) is 0 Å². The van der Waals surface area contributed by atoms with Gasteiger partial charge in [0.2, 0.25) is 0 Å². The second-order valence-electron chi connectivity index (χ2n) is 13.6. The van der Waals surface area contributed by atoms with Crippen LogP contribution >= 0.6 is 0 Å². The quantitative estimate of drug-likeness (QED) is 0.108. The van der Waals surface area contributed by atoms with E-state index in [2.05, 4.69) is 26.0 Å². The lowest BCUT2D eigenvalue weighted by molar-refractivity contribution is 0.170. The summed E-state index contributed by atoms with van der Waals surface area (Å²) in [5.74, 6) is -0.982. The highest BCUT2D eigenvalue weighted by atomic mass is 19.2. The third-order valence-electron chi connectivity index (χ3n) is 10.7. The van der Waals surface area contributed by atoms with Crippen molar-refractivity contribution < 1.29 is 17.6 Å². The second kappa shape index (κ2) is 16.1. The highest BCUT2D eigenvalue weighted by Crippen LogP contribution is 2.45. The third-order valence-corrected chi connectivity index (χ3v) is 10.7. The van der Waals surface area contributed by atoms with Gasteiger partial charge in [-0.3, -0.25) is 0 Å². The van der Waals surface area contributed by atoms with Gasteiger partial charge in [0.1, 0.15) is 0 Å². The van der Waals surface area contributed by atoms with Gasteiger partial charge >= 0.3 is 0 Å². The zero-order valence-electron chi connectivity index (χ0n) is 27.2. The topological polar surface area (TPSA) is 0 Å². The van der Waals surface area contributed by atoms with E-state index in [0.29, 0.717) is 34.6 Å². The van der Waals surface area contributed by atoms with E-state index in [1.165, 1.54) is 44.9 Å². The lowest BCUT2D eigenvalue weighted by atomic mass is 9.68. The summed E-state index contributed by atoms with van der Waals surface area (Å²) >= 11 is 0. The van der Waals surface area contributed by atoms with Crippen molar-refractivity contribution in [2.75, 3.05) is 0 Å². The molecule has 5 rings (SSSR count). The fraction of sp³-hybridized carbons (Fsp3) is 0.512. The van der Waals surface area contributed by atoms with E-state index in [1.807, 2.05) is 0 Å². The highest BCUT2D eigenvalue weighted by Gasteiger charge is 2.32. The minimum absolute atomic E-state index is 0.0495. The van der Waals surface area contributed by atoms with E-state index in [9.17, 15) is 4.39 Å². The summed E-state index contributed by atoms with van der Waals surface area (Å²) in [6.07, 6.45) is 20.7. The molecule has 0 bridgehead atoms. The van der Waals surface area contributed by atoms with Crippen molar-refractivity contribution in [2.24, 2.45) is 17.8 Å². The van der Waals surface area contributed by atoms with Crippen LogP contribution in [0, 0.1) is 41.0 Å². The second-order valence-corrected chi connectivity index (χ2v) is 13.6. The number of rotatable bonds is 12. The number of benzene rings is 3. The Hall–Kier alpha value is -2.88. The van der Waals surface area contributed by atoms with Crippen LogP contribution in [0.2, 0.25) is 0 Å². The molecule has 3 aromatic carbocycles. The van der Waals surface area contributed by atoms with E-state index in [-0.39, 0.29) is 17.0 Å². The zero-order valence-corrected chi connectivity index (χ0v) is 27.2. The van der Waals surface area contributed by atoms with Crippen molar-refractivity contribution in [2.45, 2.75) is 116 Å². The minimum Gasteiger partial charge on any atom is -0.203 e. The van der Waals surface area contributed by atoms with Gasteiger partial charge < -0.3 is 0 Å². The summed E-state index contributed by atoms with van der Waals surface area (Å²) in [7, 11) is 0. The maximum atomic E-state index is 15.5. The molecular weight excluding hydrogens is 568 g/mol. The first-order valence-electron chi connectivity index (χ1n) is 17.6. The number of halogens is 4. The number of allylic oxidation sites excluding steroid dienone is 2. The van der Waals surface area contributed by atoms with Crippen LogP contribution < -0.4 is 0 Å². The van der Waals surface area contributed by atoms with Gasteiger partial charge in [0.25, 0.3) is 0 Å². The molecule has 0 atom stereocenters. The van der Waals surface area contributed by atoms with Crippen LogP contribution in [0.5, 0.6) is 0 Å². The minimum atomic E-state index is -0.858. The van der Waals surface area contributed by atoms with E-state index >= 15 is 13.2 Å². The van der Waals surface area contributed by atoms with Gasteiger partial charge in [-0.25, -0.2) is 17.6 Å². The normalized spacial score (nSPS) is 22.3. The first-order chi connectivity index (χ1) is 21.9. The predicted octanol–water partition coefficient (Wildman–Crippen LogP) is 13.1. The summed E-state index contributed by atoms with van der Waals surface area (Å²) in [5, 5.41) is 0. The summed E-state index contributed by atoms with van der Waals surface area (Å²) in [6, 6.07) is 13.3. The van der Waals surface area contributed by atoms with Crippen LogP contribution in [-0.2, 0) is 6.42 Å². The molecule has 3 aromatic rings. The van der Waals surface area contributed by atoms with E-state index in [4.69, 9.17) is 0 Å². The molecule has 2 saturated carbocycles. The Labute approximate surface area is 268 Å². The molecule has 0 aromatic heterocycles. The van der Waals surface area contributed by atoms with Gasteiger partial charge in [-0.05, 0) is 117 Å². The van der Waals surface area contributed by atoms with Gasteiger partial charge in [0, 0.05) is 11.1 Å². The Morgan fingerprint density at radius 3 is 1.71 bits per heavy atom. The molecule has 0 saturated heterocycles. The largest absolute Gasteiger partial charge is 0.203 e. The predicted molar refractivity (Wildman–Crippen MR) is 179 cm³/mol. The molecule has 2 fully saturated rings. The van der Waals surface area contributed by atoms with E-state index < -0.39 is 23.3 Å². The lowest BCUT2D eigenvalue weighted by Crippen LogP contribution is -2.25. The summed E-state index contributed by atoms with van der Waals surface area (Å²) in [4.78, 5) is 0. The summed E-state index contributed by atoms with van der Waals surface area (Å²) in [6.45, 7) is 4.27. The van der Waals surface area contributed by atoms with Gasteiger partial charge in [-0.1, -0.05) is 99.7 Å². The molecule has 0 radical (unpaired) electrons. The fourth-order valence-corrected chi connectivity index (χ4v) is 8.02. The van der Waals surface area contributed by atoms with Gasteiger partial charge in [-0.2, -0.15) is 0 Å². The van der Waals surface area contributed by atoms with Gasteiger partial charge in [0.05, 0.1) is 0 Å². The average molecular weight is 619 g/mol. The number of unbranched alkanes of at least 4 members (excludes halogenated alkanes) is 5. The number of hydrogen-bond donors (Lipinski definition) is 0. The molecule has 0 amide bonds. The average Bonchev–Trinajstić information content (AvgIpc) is 3.07. The molecule has 0 nitrogen and oxygen atoms in total. The first kappa shape index (κ1) is 33.5. The molecule has 0 unspecified atom stereocenters. The Morgan fingerprint density at radius 2 is 1.11 bits per heavy atom. The molecular formula is C41H50F4. The van der Waals surface area contributed by atoms with Crippen LogP contribution in [0.3, 0.4) is 0 Å². The SMILES string of the molecule is C/C=C/C1CCC(C2CCC(c3ccc(-c4ccc(-c5ccc(CCCCCCCC)c(F)c5F)cc4)c(F)c3F)CC2)CC1. The van der Waals surface area contributed by atoms with Gasteiger partial charge in [0.15, 0.2) is 23.3 Å². The first-order valence-corrected chi connectivity index (χ1v) is 17.6. The van der Waals surface area contributed by atoms with E-state index in [1.54, 1.807) is 48.5 Å². The molecule has 0 N–H and O–H groups in total. The molecule has 4 heteroatoms. The summed E-state index contributed by atoms with van der Waals surface area (Å²) in [5.41, 5.74) is 2.28. The lowest BCUT2D eigenvalue weighted by Gasteiger charge is -2.37. The van der Waals surface area contributed by atoms with Crippen molar-refractivity contribution in [3.8, 4) is 22.3 Å². The molecule has 0 aliphatic heterocycles. The van der Waals surface area contributed by atoms with Crippen LogP contribution in [-0.4, -0.2) is 0 Å². The van der Waals surface area contributed by atoms with Gasteiger partial charge in [-0.15, -0.1) is 0 Å². The summed E-state index contributed by atoms with van der Waals surface area (Å²) < 4.78 is 60.9. The Kier molecular flexibility index (Phi) is 12.0. The molecule has 0 spiro atoms. The number of hydrogen-bond acceptors (Lipinski definition) is 0.